The molecular weight excluding hydrogens is 252 g/mol. The topological polar surface area (TPSA) is 43.8 Å². The molecule has 1 saturated heterocycles. The number of rotatable bonds is 6. The molecule has 0 aliphatic carbocycles. The van der Waals surface area contributed by atoms with Crippen LogP contribution in [0.1, 0.15) is 12.8 Å². The number of para-hydroxylation sites is 1. The maximum absolute atomic E-state index is 10.9. The van der Waals surface area contributed by atoms with Gasteiger partial charge >= 0.3 is 5.97 Å². The number of hydrogen-bond donors (Lipinski definition) is 1. The van der Waals surface area contributed by atoms with Crippen molar-refractivity contribution in [3.63, 3.8) is 0 Å². The molecule has 1 N–H and O–H groups in total. The second kappa shape index (κ2) is 7.10. The molecule has 2 rings (SSSR count). The number of hydrogen-bond acceptors (Lipinski definition) is 3. The van der Waals surface area contributed by atoms with E-state index in [2.05, 4.69) is 35.7 Å². The first-order chi connectivity index (χ1) is 9.70. The van der Waals surface area contributed by atoms with Crippen LogP contribution in [0.4, 0.5) is 5.69 Å². The Kier molecular flexibility index (Phi) is 5.18. The summed E-state index contributed by atoms with van der Waals surface area (Å²) in [4.78, 5) is 15.3. The van der Waals surface area contributed by atoms with E-state index in [1.807, 2.05) is 11.0 Å². The SMILES string of the molecule is C=CCN(CC(=O)O)C1CCN(c2ccccc2)CC1. The number of carboxylic acids is 1. The molecule has 1 aliphatic rings. The summed E-state index contributed by atoms with van der Waals surface area (Å²) in [5.41, 5.74) is 1.25. The zero-order valence-corrected chi connectivity index (χ0v) is 11.7. The highest BCUT2D eigenvalue weighted by atomic mass is 16.4. The van der Waals surface area contributed by atoms with Crippen LogP contribution in [0.2, 0.25) is 0 Å². The summed E-state index contributed by atoms with van der Waals surface area (Å²) in [5.74, 6) is -0.766. The van der Waals surface area contributed by atoms with Gasteiger partial charge < -0.3 is 10.0 Å². The smallest absolute Gasteiger partial charge is 0.317 e. The van der Waals surface area contributed by atoms with Gasteiger partial charge in [0.15, 0.2) is 0 Å². The van der Waals surface area contributed by atoms with Gasteiger partial charge in [0, 0.05) is 31.4 Å². The summed E-state index contributed by atoms with van der Waals surface area (Å²) in [6.45, 7) is 6.41. The molecule has 1 aliphatic heterocycles. The van der Waals surface area contributed by atoms with Crippen LogP contribution in [0.5, 0.6) is 0 Å². The third-order valence-corrected chi connectivity index (χ3v) is 3.80. The lowest BCUT2D eigenvalue weighted by Crippen LogP contribution is -2.46. The monoisotopic (exact) mass is 274 g/mol. The Morgan fingerprint density at radius 2 is 2.00 bits per heavy atom. The lowest BCUT2D eigenvalue weighted by Gasteiger charge is -2.38. The number of piperidine rings is 1. The Balaban J connectivity index is 1.92. The number of benzene rings is 1. The highest BCUT2D eigenvalue weighted by molar-refractivity contribution is 5.69. The summed E-state index contributed by atoms with van der Waals surface area (Å²) in [5, 5.41) is 8.98. The average molecular weight is 274 g/mol. The van der Waals surface area contributed by atoms with Crippen molar-refractivity contribution >= 4 is 11.7 Å². The van der Waals surface area contributed by atoms with Crippen molar-refractivity contribution in [1.29, 1.82) is 0 Å². The first kappa shape index (κ1) is 14.6. The maximum Gasteiger partial charge on any atom is 0.317 e. The maximum atomic E-state index is 10.9. The molecule has 4 nitrogen and oxygen atoms in total. The van der Waals surface area contributed by atoms with Gasteiger partial charge in [-0.2, -0.15) is 0 Å². The van der Waals surface area contributed by atoms with Gasteiger partial charge in [-0.05, 0) is 25.0 Å². The highest BCUT2D eigenvalue weighted by Crippen LogP contribution is 2.22. The molecule has 0 unspecified atom stereocenters. The van der Waals surface area contributed by atoms with Gasteiger partial charge in [0.25, 0.3) is 0 Å². The van der Waals surface area contributed by atoms with Crippen LogP contribution in [0.15, 0.2) is 43.0 Å². The van der Waals surface area contributed by atoms with Gasteiger partial charge in [-0.15, -0.1) is 6.58 Å². The molecule has 1 fully saturated rings. The Morgan fingerprint density at radius 3 is 2.55 bits per heavy atom. The molecule has 20 heavy (non-hydrogen) atoms. The van der Waals surface area contributed by atoms with Crippen molar-refractivity contribution in [2.75, 3.05) is 31.1 Å². The second-order valence-electron chi connectivity index (χ2n) is 5.17. The van der Waals surface area contributed by atoms with Crippen molar-refractivity contribution in [2.24, 2.45) is 0 Å². The number of carbonyl (C=O) groups is 1. The van der Waals surface area contributed by atoms with E-state index in [-0.39, 0.29) is 6.54 Å². The zero-order chi connectivity index (χ0) is 14.4. The molecule has 0 atom stereocenters. The Labute approximate surface area is 120 Å². The Bertz CT molecular complexity index is 439. The van der Waals surface area contributed by atoms with E-state index < -0.39 is 5.97 Å². The van der Waals surface area contributed by atoms with E-state index in [1.54, 1.807) is 6.08 Å². The van der Waals surface area contributed by atoms with E-state index in [9.17, 15) is 4.79 Å². The summed E-state index contributed by atoms with van der Waals surface area (Å²) < 4.78 is 0. The van der Waals surface area contributed by atoms with Gasteiger partial charge in [0.05, 0.1) is 6.54 Å². The van der Waals surface area contributed by atoms with Crippen LogP contribution in [-0.4, -0.2) is 48.2 Å². The van der Waals surface area contributed by atoms with Crippen LogP contribution in [0, 0.1) is 0 Å². The highest BCUT2D eigenvalue weighted by Gasteiger charge is 2.25. The largest absolute Gasteiger partial charge is 0.480 e. The molecule has 0 radical (unpaired) electrons. The minimum Gasteiger partial charge on any atom is -0.480 e. The molecule has 0 aromatic heterocycles. The van der Waals surface area contributed by atoms with Gasteiger partial charge in [-0.1, -0.05) is 24.3 Å². The Morgan fingerprint density at radius 1 is 1.35 bits per heavy atom. The van der Waals surface area contributed by atoms with E-state index in [0.717, 1.165) is 25.9 Å². The van der Waals surface area contributed by atoms with E-state index in [1.165, 1.54) is 5.69 Å². The van der Waals surface area contributed by atoms with Gasteiger partial charge in [-0.3, -0.25) is 9.69 Å². The fourth-order valence-electron chi connectivity index (χ4n) is 2.81. The molecule has 0 bridgehead atoms. The zero-order valence-electron chi connectivity index (χ0n) is 11.7. The molecule has 108 valence electrons. The molecule has 0 spiro atoms. The molecule has 1 heterocycles. The molecule has 1 aromatic carbocycles. The van der Waals surface area contributed by atoms with Crippen molar-refractivity contribution in [3.8, 4) is 0 Å². The number of anilines is 1. The molecule has 0 amide bonds. The number of nitrogens with zero attached hydrogens (tertiary/aromatic N) is 2. The average Bonchev–Trinajstić information content (AvgIpc) is 2.47. The third-order valence-electron chi connectivity index (χ3n) is 3.80. The van der Waals surface area contributed by atoms with Crippen molar-refractivity contribution in [2.45, 2.75) is 18.9 Å². The summed E-state index contributed by atoms with van der Waals surface area (Å²) >= 11 is 0. The summed E-state index contributed by atoms with van der Waals surface area (Å²) in [7, 11) is 0. The van der Waals surface area contributed by atoms with Crippen molar-refractivity contribution in [3.05, 3.63) is 43.0 Å². The number of aliphatic carboxylic acids is 1. The van der Waals surface area contributed by atoms with E-state index in [4.69, 9.17) is 5.11 Å². The van der Waals surface area contributed by atoms with Crippen LogP contribution in [-0.2, 0) is 4.79 Å². The minimum atomic E-state index is -0.766. The molecule has 1 aromatic rings. The third kappa shape index (κ3) is 3.84. The van der Waals surface area contributed by atoms with Crippen LogP contribution >= 0.6 is 0 Å². The molecule has 4 heteroatoms. The van der Waals surface area contributed by atoms with Crippen LogP contribution in [0.3, 0.4) is 0 Å². The van der Waals surface area contributed by atoms with Gasteiger partial charge in [0.1, 0.15) is 0 Å². The first-order valence-electron chi connectivity index (χ1n) is 7.07. The van der Waals surface area contributed by atoms with Gasteiger partial charge in [0.2, 0.25) is 0 Å². The predicted molar refractivity (Wildman–Crippen MR) is 81.1 cm³/mol. The Hall–Kier alpha value is -1.81. The van der Waals surface area contributed by atoms with E-state index in [0.29, 0.717) is 12.6 Å². The first-order valence-corrected chi connectivity index (χ1v) is 7.07. The molecule has 0 saturated carbocycles. The van der Waals surface area contributed by atoms with Crippen molar-refractivity contribution < 1.29 is 9.90 Å². The molecular formula is C16H22N2O2. The quantitative estimate of drug-likeness (QED) is 0.808. The normalized spacial score (nSPS) is 16.4. The minimum absolute atomic E-state index is 0.0992. The lowest BCUT2D eigenvalue weighted by atomic mass is 10.0. The fourth-order valence-corrected chi connectivity index (χ4v) is 2.81. The fraction of sp³-hybridized carbons (Fsp3) is 0.438. The van der Waals surface area contributed by atoms with E-state index >= 15 is 0 Å². The van der Waals surface area contributed by atoms with Crippen LogP contribution < -0.4 is 4.90 Å². The number of carboxylic acid groups (broad SMARTS) is 1. The van der Waals surface area contributed by atoms with Crippen molar-refractivity contribution in [1.82, 2.24) is 4.90 Å². The second-order valence-corrected chi connectivity index (χ2v) is 5.17. The predicted octanol–water partition coefficient (Wildman–Crippen LogP) is 2.23. The van der Waals surface area contributed by atoms with Gasteiger partial charge in [-0.25, -0.2) is 0 Å². The summed E-state index contributed by atoms with van der Waals surface area (Å²) in [6, 6.07) is 10.7. The summed E-state index contributed by atoms with van der Waals surface area (Å²) in [6.07, 6.45) is 3.78. The standard InChI is InChI=1S/C16H22N2O2/c1-2-10-18(13-16(19)20)15-8-11-17(12-9-15)14-6-4-3-5-7-14/h2-7,15H,1,8-13H2,(H,19,20). The lowest BCUT2D eigenvalue weighted by molar-refractivity contribution is -0.138. The van der Waals surface area contributed by atoms with Crippen LogP contribution in [0.25, 0.3) is 0 Å².